The molecule has 1 saturated heterocycles. The number of H-pyrrole nitrogens is 1. The fourth-order valence-corrected chi connectivity index (χ4v) is 3.68. The van der Waals surface area contributed by atoms with Crippen LogP contribution in [0.5, 0.6) is 0 Å². The molecule has 1 aliphatic rings. The van der Waals surface area contributed by atoms with Gasteiger partial charge in [0.15, 0.2) is 5.96 Å². The normalized spacial score (nSPS) is 16.0. The third kappa shape index (κ3) is 4.91. The molecule has 0 bridgehead atoms. The first-order valence-electron chi connectivity index (χ1n) is 9.35. The zero-order chi connectivity index (χ0) is 17.6. The van der Waals surface area contributed by atoms with Gasteiger partial charge in [-0.1, -0.05) is 18.2 Å². The van der Waals surface area contributed by atoms with Gasteiger partial charge < -0.3 is 19.9 Å². The van der Waals surface area contributed by atoms with Crippen molar-refractivity contribution in [1.29, 1.82) is 0 Å². The number of nitrogens with one attached hydrogen (secondary N) is 2. The molecule has 0 aliphatic carbocycles. The quantitative estimate of drug-likeness (QED) is 0.398. The van der Waals surface area contributed by atoms with Gasteiger partial charge >= 0.3 is 0 Å². The zero-order valence-corrected chi connectivity index (χ0v) is 18.4. The molecule has 1 aromatic carbocycles. The summed E-state index contributed by atoms with van der Waals surface area (Å²) in [7, 11) is 1.87. The molecule has 0 amide bonds. The lowest BCUT2D eigenvalue weighted by atomic mass is 10.1. The van der Waals surface area contributed by atoms with E-state index in [2.05, 4.69) is 58.4 Å². The Morgan fingerprint density at radius 1 is 1.35 bits per heavy atom. The van der Waals surface area contributed by atoms with E-state index in [0.717, 1.165) is 51.5 Å². The molecular weight excluding hydrogens is 439 g/mol. The molecule has 3 rings (SSSR count). The van der Waals surface area contributed by atoms with Gasteiger partial charge in [0.1, 0.15) is 0 Å². The second kappa shape index (κ2) is 10.2. The summed E-state index contributed by atoms with van der Waals surface area (Å²) < 4.78 is 5.73. The molecule has 1 aromatic heterocycles. The van der Waals surface area contributed by atoms with E-state index in [4.69, 9.17) is 4.74 Å². The first kappa shape index (κ1) is 21.0. The molecule has 144 valence electrons. The maximum Gasteiger partial charge on any atom is 0.193 e. The lowest BCUT2D eigenvalue weighted by molar-refractivity contribution is 0.0264. The number of para-hydroxylation sites is 1. The number of benzene rings is 1. The highest BCUT2D eigenvalue weighted by atomic mass is 127. The van der Waals surface area contributed by atoms with E-state index >= 15 is 0 Å². The van der Waals surface area contributed by atoms with E-state index in [0.29, 0.717) is 6.10 Å². The highest BCUT2D eigenvalue weighted by Crippen LogP contribution is 2.21. The van der Waals surface area contributed by atoms with Crippen LogP contribution in [0.4, 0.5) is 0 Å². The van der Waals surface area contributed by atoms with Crippen molar-refractivity contribution in [2.45, 2.75) is 39.2 Å². The van der Waals surface area contributed by atoms with E-state index in [1.54, 1.807) is 0 Å². The number of likely N-dealkylation sites (tertiary alicyclic amines) is 1. The molecule has 6 heteroatoms. The van der Waals surface area contributed by atoms with Gasteiger partial charge in [-0.25, -0.2) is 0 Å². The average Bonchev–Trinajstić information content (AvgIpc) is 3.05. The Morgan fingerprint density at radius 3 is 2.81 bits per heavy atom. The second-order valence-corrected chi connectivity index (χ2v) is 6.68. The number of halogens is 1. The van der Waals surface area contributed by atoms with Crippen LogP contribution in [0.2, 0.25) is 0 Å². The van der Waals surface area contributed by atoms with Crippen molar-refractivity contribution in [1.82, 2.24) is 15.2 Å². The van der Waals surface area contributed by atoms with Gasteiger partial charge in [-0.15, -0.1) is 24.0 Å². The van der Waals surface area contributed by atoms with Crippen molar-refractivity contribution in [2.24, 2.45) is 4.99 Å². The molecule has 1 fully saturated rings. The molecule has 0 radical (unpaired) electrons. The number of guanidine groups is 1. The Kier molecular flexibility index (Phi) is 8.21. The van der Waals surface area contributed by atoms with Crippen LogP contribution in [-0.2, 0) is 11.2 Å². The monoisotopic (exact) mass is 470 g/mol. The van der Waals surface area contributed by atoms with Crippen LogP contribution < -0.4 is 5.32 Å². The number of nitrogens with zero attached hydrogens (tertiary/aromatic N) is 2. The van der Waals surface area contributed by atoms with Crippen LogP contribution in [0.1, 0.15) is 30.9 Å². The molecule has 0 unspecified atom stereocenters. The maximum absolute atomic E-state index is 5.73. The first-order valence-corrected chi connectivity index (χ1v) is 9.35. The molecule has 2 aromatic rings. The van der Waals surface area contributed by atoms with Gasteiger partial charge in [-0.2, -0.15) is 0 Å². The Balaban J connectivity index is 0.00000243. The van der Waals surface area contributed by atoms with Crippen LogP contribution in [-0.4, -0.2) is 55.2 Å². The second-order valence-electron chi connectivity index (χ2n) is 6.68. The van der Waals surface area contributed by atoms with E-state index < -0.39 is 0 Å². The predicted octanol–water partition coefficient (Wildman–Crippen LogP) is 3.71. The Bertz CT molecular complexity index is 720. The predicted molar refractivity (Wildman–Crippen MR) is 120 cm³/mol. The van der Waals surface area contributed by atoms with Crippen LogP contribution in [0, 0.1) is 6.92 Å². The molecule has 0 saturated carbocycles. The van der Waals surface area contributed by atoms with Gasteiger partial charge in [-0.3, -0.25) is 4.99 Å². The van der Waals surface area contributed by atoms with Crippen LogP contribution >= 0.6 is 24.0 Å². The van der Waals surface area contributed by atoms with Crippen molar-refractivity contribution in [3.63, 3.8) is 0 Å². The number of aliphatic imine (C=N–C) groups is 1. The van der Waals surface area contributed by atoms with E-state index in [1.807, 2.05) is 7.05 Å². The number of rotatable bonds is 5. The summed E-state index contributed by atoms with van der Waals surface area (Å²) in [6.45, 7) is 7.93. The Hall–Kier alpha value is -1.28. The van der Waals surface area contributed by atoms with Crippen LogP contribution in [0.3, 0.4) is 0 Å². The molecule has 5 nitrogen and oxygen atoms in total. The number of aryl methyl sites for hydroxylation is 1. The molecule has 0 spiro atoms. The molecule has 26 heavy (non-hydrogen) atoms. The highest BCUT2D eigenvalue weighted by Gasteiger charge is 2.21. The van der Waals surface area contributed by atoms with Crippen molar-refractivity contribution in [3.8, 4) is 0 Å². The number of aromatic nitrogens is 1. The fourth-order valence-electron chi connectivity index (χ4n) is 3.68. The van der Waals surface area contributed by atoms with Crippen LogP contribution in [0.15, 0.2) is 29.4 Å². The minimum absolute atomic E-state index is 0. The van der Waals surface area contributed by atoms with Gasteiger partial charge in [0, 0.05) is 50.4 Å². The van der Waals surface area contributed by atoms with Gasteiger partial charge in [0.2, 0.25) is 0 Å². The summed E-state index contributed by atoms with van der Waals surface area (Å²) in [4.78, 5) is 10.2. The Labute approximate surface area is 173 Å². The minimum atomic E-state index is 0. The number of ether oxygens (including phenoxy) is 1. The summed E-state index contributed by atoms with van der Waals surface area (Å²) >= 11 is 0. The molecular formula is C20H31IN4O. The van der Waals surface area contributed by atoms with Gasteiger partial charge in [0.05, 0.1) is 6.10 Å². The minimum Gasteiger partial charge on any atom is -0.378 e. The lowest BCUT2D eigenvalue weighted by Gasteiger charge is -2.34. The molecule has 0 atom stereocenters. The fraction of sp³-hybridized carbons (Fsp3) is 0.550. The first-order chi connectivity index (χ1) is 12.2. The average molecular weight is 470 g/mol. The number of piperidine rings is 1. The summed E-state index contributed by atoms with van der Waals surface area (Å²) in [5.41, 5.74) is 3.90. The largest absolute Gasteiger partial charge is 0.378 e. The zero-order valence-electron chi connectivity index (χ0n) is 16.0. The smallest absolute Gasteiger partial charge is 0.193 e. The van der Waals surface area contributed by atoms with Crippen molar-refractivity contribution in [3.05, 3.63) is 35.5 Å². The van der Waals surface area contributed by atoms with Crippen molar-refractivity contribution < 1.29 is 4.74 Å². The van der Waals surface area contributed by atoms with Gasteiger partial charge in [0.25, 0.3) is 0 Å². The third-order valence-corrected chi connectivity index (χ3v) is 5.04. The summed E-state index contributed by atoms with van der Waals surface area (Å²) in [6.07, 6.45) is 5.69. The third-order valence-electron chi connectivity index (χ3n) is 5.04. The van der Waals surface area contributed by atoms with E-state index in [9.17, 15) is 0 Å². The topological polar surface area (TPSA) is 52.6 Å². The number of aromatic amines is 1. The van der Waals surface area contributed by atoms with E-state index in [-0.39, 0.29) is 24.0 Å². The lowest BCUT2D eigenvalue weighted by Crippen LogP contribution is -2.47. The Morgan fingerprint density at radius 2 is 2.12 bits per heavy atom. The maximum atomic E-state index is 5.73. The number of fused-ring (bicyclic) bond motifs is 1. The molecule has 1 aliphatic heterocycles. The standard InChI is InChI=1S/C20H30N4O.HI/c1-4-25-17-9-12-24(13-10-17)20(21-3)22-11-8-16-14-23-19-15(2)6-5-7-18(16)19;/h5-7,14,17,23H,4,8-13H2,1-3H3,(H,21,22);1H. The van der Waals surface area contributed by atoms with E-state index in [1.165, 1.54) is 22.0 Å². The molecule has 2 heterocycles. The van der Waals surface area contributed by atoms with Gasteiger partial charge in [-0.05, 0) is 44.2 Å². The summed E-state index contributed by atoms with van der Waals surface area (Å²) in [6, 6.07) is 6.47. The summed E-state index contributed by atoms with van der Waals surface area (Å²) in [5, 5.41) is 4.85. The number of hydrogen-bond donors (Lipinski definition) is 2. The SMILES string of the molecule is CCOC1CCN(C(=NC)NCCc2c[nH]c3c(C)cccc23)CC1.I. The highest BCUT2D eigenvalue weighted by molar-refractivity contribution is 14.0. The van der Waals surface area contributed by atoms with Crippen molar-refractivity contribution >= 4 is 40.8 Å². The van der Waals surface area contributed by atoms with Crippen LogP contribution in [0.25, 0.3) is 10.9 Å². The van der Waals surface area contributed by atoms with Crippen molar-refractivity contribution in [2.75, 3.05) is 33.3 Å². The number of hydrogen-bond acceptors (Lipinski definition) is 2. The summed E-state index contributed by atoms with van der Waals surface area (Å²) in [5.74, 6) is 1.01. The molecule has 2 N–H and O–H groups in total.